The van der Waals surface area contributed by atoms with Gasteiger partial charge in [-0.15, -0.1) is 0 Å². The first-order chi connectivity index (χ1) is 13.4. The summed E-state index contributed by atoms with van der Waals surface area (Å²) < 4.78 is 25.1. The van der Waals surface area contributed by atoms with Crippen LogP contribution in [0.5, 0.6) is 0 Å². The Morgan fingerprint density at radius 3 is 2.64 bits per heavy atom. The number of hydrogen-bond acceptors (Lipinski definition) is 5. The fourth-order valence-electron chi connectivity index (χ4n) is 3.35. The van der Waals surface area contributed by atoms with Crippen LogP contribution >= 0.6 is 0 Å². The highest BCUT2D eigenvalue weighted by atomic mass is 32.2. The van der Waals surface area contributed by atoms with Crippen LogP contribution in [0.4, 0.5) is 11.4 Å². The zero-order valence-electron chi connectivity index (χ0n) is 15.9. The van der Waals surface area contributed by atoms with Crippen molar-refractivity contribution in [2.75, 3.05) is 42.5 Å². The maximum Gasteiger partial charge on any atom is 0.238 e. The highest BCUT2D eigenvalue weighted by Crippen LogP contribution is 2.16. The van der Waals surface area contributed by atoms with Crippen molar-refractivity contribution in [2.24, 2.45) is 0 Å². The van der Waals surface area contributed by atoms with Crippen LogP contribution in [0.15, 0.2) is 54.6 Å². The topological polar surface area (TPSA) is 90.5 Å². The van der Waals surface area contributed by atoms with Crippen LogP contribution in [0.2, 0.25) is 0 Å². The van der Waals surface area contributed by atoms with Crippen LogP contribution < -0.4 is 15.4 Å². The summed E-state index contributed by atoms with van der Waals surface area (Å²) in [6.45, 7) is 2.77. The van der Waals surface area contributed by atoms with Crippen molar-refractivity contribution >= 4 is 27.3 Å². The smallest absolute Gasteiger partial charge is 0.238 e. The number of benzene rings is 2. The van der Waals surface area contributed by atoms with E-state index in [0.717, 1.165) is 32.3 Å². The number of sulfonamides is 1. The maximum atomic E-state index is 12.4. The number of carbonyl (C=O) groups is 1. The third-order valence-corrected chi connectivity index (χ3v) is 5.09. The Balaban J connectivity index is 1.52. The molecule has 2 aromatic carbocycles. The third kappa shape index (κ3) is 6.63. The molecule has 3 N–H and O–H groups in total. The van der Waals surface area contributed by atoms with Crippen molar-refractivity contribution < 1.29 is 13.2 Å². The monoisotopic (exact) mass is 402 g/mol. The minimum atomic E-state index is -3.36. The molecule has 2 aromatic rings. The summed E-state index contributed by atoms with van der Waals surface area (Å²) in [6, 6.07) is 17.3. The molecule has 1 heterocycles. The quantitative estimate of drug-likeness (QED) is 0.653. The molecule has 1 atom stereocenters. The molecule has 1 aliphatic rings. The Kier molecular flexibility index (Phi) is 6.66. The number of amides is 1. The predicted molar refractivity (Wildman–Crippen MR) is 112 cm³/mol. The second-order valence-corrected chi connectivity index (χ2v) is 8.83. The van der Waals surface area contributed by atoms with E-state index in [0.29, 0.717) is 24.0 Å². The van der Waals surface area contributed by atoms with Crippen molar-refractivity contribution in [3.05, 3.63) is 60.2 Å². The van der Waals surface area contributed by atoms with E-state index in [1.54, 1.807) is 24.3 Å². The Bertz CT molecular complexity index is 903. The van der Waals surface area contributed by atoms with Gasteiger partial charge in [0.05, 0.1) is 18.5 Å². The van der Waals surface area contributed by atoms with Gasteiger partial charge in [-0.25, -0.2) is 8.42 Å². The number of hydrogen-bond donors (Lipinski definition) is 3. The molecule has 3 rings (SSSR count). The second-order valence-electron chi connectivity index (χ2n) is 7.08. The van der Waals surface area contributed by atoms with Gasteiger partial charge in [0.25, 0.3) is 0 Å². The lowest BCUT2D eigenvalue weighted by molar-refractivity contribution is -0.117. The van der Waals surface area contributed by atoms with E-state index >= 15 is 0 Å². The minimum Gasteiger partial charge on any atom is -0.325 e. The van der Waals surface area contributed by atoms with E-state index in [1.165, 1.54) is 5.56 Å². The van der Waals surface area contributed by atoms with Gasteiger partial charge in [0, 0.05) is 31.4 Å². The molecule has 0 saturated carbocycles. The molecular formula is C20H26N4O3S. The van der Waals surface area contributed by atoms with Crippen LogP contribution in [0.3, 0.4) is 0 Å². The van der Waals surface area contributed by atoms with Crippen LogP contribution in [-0.4, -0.2) is 57.7 Å². The van der Waals surface area contributed by atoms with Gasteiger partial charge in [0.1, 0.15) is 0 Å². The van der Waals surface area contributed by atoms with Crippen LogP contribution in [0.1, 0.15) is 5.56 Å². The molecule has 0 aromatic heterocycles. The summed E-state index contributed by atoms with van der Waals surface area (Å²) in [5.41, 5.74) is 2.27. The molecule has 28 heavy (non-hydrogen) atoms. The molecule has 0 spiro atoms. The number of nitrogens with one attached hydrogen (secondary N) is 3. The minimum absolute atomic E-state index is 0.114. The number of carbonyl (C=O) groups excluding carboxylic acids is 1. The number of anilines is 2. The lowest BCUT2D eigenvalue weighted by Crippen LogP contribution is -2.53. The van der Waals surface area contributed by atoms with Gasteiger partial charge >= 0.3 is 0 Å². The first-order valence-corrected chi connectivity index (χ1v) is 11.1. The predicted octanol–water partition coefficient (Wildman–Crippen LogP) is 1.51. The SMILES string of the molecule is CS(=O)(=O)Nc1cccc(NC(=O)CN2CCNC(Cc3ccccc3)C2)c1. The Hall–Kier alpha value is -2.42. The van der Waals surface area contributed by atoms with Crippen LogP contribution in [-0.2, 0) is 21.2 Å². The van der Waals surface area contributed by atoms with Gasteiger partial charge in [0.2, 0.25) is 15.9 Å². The summed E-state index contributed by atoms with van der Waals surface area (Å²) in [5, 5.41) is 6.36. The zero-order chi connectivity index (χ0) is 20.0. The van der Waals surface area contributed by atoms with E-state index in [1.807, 2.05) is 18.2 Å². The van der Waals surface area contributed by atoms with Crippen molar-refractivity contribution in [1.29, 1.82) is 0 Å². The van der Waals surface area contributed by atoms with Gasteiger partial charge in [-0.05, 0) is 30.2 Å². The van der Waals surface area contributed by atoms with Gasteiger partial charge < -0.3 is 10.6 Å². The summed E-state index contributed by atoms with van der Waals surface area (Å²) in [4.78, 5) is 14.6. The molecule has 1 fully saturated rings. The Labute approximate surface area is 166 Å². The molecule has 1 saturated heterocycles. The van der Waals surface area contributed by atoms with Gasteiger partial charge in [-0.3, -0.25) is 14.4 Å². The molecule has 7 nitrogen and oxygen atoms in total. The molecule has 1 unspecified atom stereocenters. The number of nitrogens with zero attached hydrogens (tertiary/aromatic N) is 1. The van der Waals surface area contributed by atoms with E-state index in [9.17, 15) is 13.2 Å². The molecule has 150 valence electrons. The molecule has 0 aliphatic carbocycles. The van der Waals surface area contributed by atoms with E-state index in [-0.39, 0.29) is 5.91 Å². The van der Waals surface area contributed by atoms with E-state index in [4.69, 9.17) is 0 Å². The highest BCUT2D eigenvalue weighted by Gasteiger charge is 2.21. The number of piperazine rings is 1. The lowest BCUT2D eigenvalue weighted by Gasteiger charge is -2.33. The molecule has 1 amide bonds. The highest BCUT2D eigenvalue weighted by molar-refractivity contribution is 7.92. The summed E-state index contributed by atoms with van der Waals surface area (Å²) in [6.07, 6.45) is 2.02. The molecule has 0 bridgehead atoms. The Morgan fingerprint density at radius 2 is 1.89 bits per heavy atom. The van der Waals surface area contributed by atoms with Crippen LogP contribution in [0, 0.1) is 0 Å². The van der Waals surface area contributed by atoms with Crippen molar-refractivity contribution in [1.82, 2.24) is 10.2 Å². The first kappa shape index (κ1) is 20.3. The summed E-state index contributed by atoms with van der Waals surface area (Å²) >= 11 is 0. The fourth-order valence-corrected chi connectivity index (χ4v) is 3.91. The van der Waals surface area contributed by atoms with E-state index < -0.39 is 10.0 Å². The summed E-state index contributed by atoms with van der Waals surface area (Å²) in [5.74, 6) is -0.114. The van der Waals surface area contributed by atoms with Crippen molar-refractivity contribution in [3.63, 3.8) is 0 Å². The van der Waals surface area contributed by atoms with E-state index in [2.05, 4.69) is 32.4 Å². The number of rotatable bonds is 7. The van der Waals surface area contributed by atoms with Crippen LogP contribution in [0.25, 0.3) is 0 Å². The maximum absolute atomic E-state index is 12.4. The average molecular weight is 403 g/mol. The van der Waals surface area contributed by atoms with Gasteiger partial charge in [0.15, 0.2) is 0 Å². The van der Waals surface area contributed by atoms with Crippen molar-refractivity contribution in [2.45, 2.75) is 12.5 Å². The van der Waals surface area contributed by atoms with Gasteiger partial charge in [-0.1, -0.05) is 36.4 Å². The van der Waals surface area contributed by atoms with Crippen molar-refractivity contribution in [3.8, 4) is 0 Å². The molecule has 0 radical (unpaired) electrons. The Morgan fingerprint density at radius 1 is 1.14 bits per heavy atom. The largest absolute Gasteiger partial charge is 0.325 e. The molecule has 8 heteroatoms. The fraction of sp³-hybridized carbons (Fsp3) is 0.350. The average Bonchev–Trinajstić information content (AvgIpc) is 2.61. The second kappa shape index (κ2) is 9.18. The first-order valence-electron chi connectivity index (χ1n) is 9.25. The zero-order valence-corrected chi connectivity index (χ0v) is 16.7. The molecule has 1 aliphatic heterocycles. The lowest BCUT2D eigenvalue weighted by atomic mass is 10.0. The molecular weight excluding hydrogens is 376 g/mol. The van der Waals surface area contributed by atoms with Gasteiger partial charge in [-0.2, -0.15) is 0 Å². The third-order valence-electron chi connectivity index (χ3n) is 4.48. The standard InChI is InChI=1S/C20H26N4O3S/c1-28(26,27)23-18-9-5-8-17(13-18)22-20(25)15-24-11-10-21-19(14-24)12-16-6-3-2-4-7-16/h2-9,13,19,21,23H,10-12,14-15H2,1H3,(H,22,25). The summed E-state index contributed by atoms with van der Waals surface area (Å²) in [7, 11) is -3.36. The normalized spacial score (nSPS) is 17.8.